The van der Waals surface area contributed by atoms with Gasteiger partial charge in [0.25, 0.3) is 0 Å². The maximum atomic E-state index is 12.1. The van der Waals surface area contributed by atoms with E-state index >= 15 is 0 Å². The number of sulfonamides is 1. The van der Waals surface area contributed by atoms with Crippen molar-refractivity contribution in [3.8, 4) is 5.75 Å². The summed E-state index contributed by atoms with van der Waals surface area (Å²) in [6.45, 7) is 1.06. The minimum absolute atomic E-state index is 0.161. The zero-order valence-corrected chi connectivity index (χ0v) is 12.4. The van der Waals surface area contributed by atoms with Crippen LogP contribution >= 0.6 is 0 Å². The van der Waals surface area contributed by atoms with E-state index in [1.165, 1.54) is 18.5 Å². The monoisotopic (exact) mass is 311 g/mol. The quantitative estimate of drug-likeness (QED) is 0.707. The molecule has 2 rings (SSSR count). The Bertz CT molecular complexity index is 639. The molecule has 0 saturated heterocycles. The van der Waals surface area contributed by atoms with Gasteiger partial charge >= 0.3 is 0 Å². The zero-order valence-electron chi connectivity index (χ0n) is 11.6. The van der Waals surface area contributed by atoms with Gasteiger partial charge in [-0.2, -0.15) is 0 Å². The fourth-order valence-electron chi connectivity index (χ4n) is 1.60. The molecule has 0 saturated carbocycles. The molecule has 1 aromatic carbocycles. The van der Waals surface area contributed by atoms with Gasteiger partial charge in [-0.1, -0.05) is 0 Å². The maximum Gasteiger partial charge on any atom is 0.240 e. The highest BCUT2D eigenvalue weighted by Crippen LogP contribution is 2.16. The van der Waals surface area contributed by atoms with Gasteiger partial charge in [0.1, 0.15) is 12.4 Å². The molecule has 0 atom stereocenters. The molecule has 2 N–H and O–H groups in total. The van der Waals surface area contributed by atoms with E-state index in [0.29, 0.717) is 24.7 Å². The van der Waals surface area contributed by atoms with E-state index in [0.717, 1.165) is 0 Å². The van der Waals surface area contributed by atoms with Crippen molar-refractivity contribution in [1.29, 1.82) is 0 Å². The summed E-state index contributed by atoms with van der Waals surface area (Å²) in [4.78, 5) is 6.84. The van der Waals surface area contributed by atoms with Gasteiger partial charge in [-0.15, -0.1) is 0 Å². The standard InChI is InChI=1S/C13H17N3O4S/c1-19-6-7-20-12-2-4-13(5-3-12)21(17,18)16-9-11-8-14-10-15-11/h2-5,8,10,16H,6-7,9H2,1H3,(H,14,15). The molecule has 0 unspecified atom stereocenters. The molecule has 1 aromatic heterocycles. The van der Waals surface area contributed by atoms with E-state index in [-0.39, 0.29) is 11.4 Å². The van der Waals surface area contributed by atoms with Crippen LogP contribution in [0.3, 0.4) is 0 Å². The van der Waals surface area contributed by atoms with Gasteiger partial charge in [-0.3, -0.25) is 0 Å². The summed E-state index contributed by atoms with van der Waals surface area (Å²) in [5, 5.41) is 0. The summed E-state index contributed by atoms with van der Waals surface area (Å²) in [5.74, 6) is 0.597. The molecule has 114 valence electrons. The highest BCUT2D eigenvalue weighted by atomic mass is 32.2. The predicted octanol–water partition coefficient (Wildman–Crippen LogP) is 0.913. The van der Waals surface area contributed by atoms with Crippen molar-refractivity contribution in [1.82, 2.24) is 14.7 Å². The highest BCUT2D eigenvalue weighted by molar-refractivity contribution is 7.89. The zero-order chi connectivity index (χ0) is 15.1. The largest absolute Gasteiger partial charge is 0.491 e. The second-order valence-electron chi connectivity index (χ2n) is 4.21. The minimum Gasteiger partial charge on any atom is -0.491 e. The lowest BCUT2D eigenvalue weighted by Gasteiger charge is -2.08. The summed E-state index contributed by atoms with van der Waals surface area (Å²) in [6, 6.07) is 6.22. The third-order valence-electron chi connectivity index (χ3n) is 2.70. The molecule has 2 aromatic rings. The molecule has 0 radical (unpaired) electrons. The average Bonchev–Trinajstić information content (AvgIpc) is 3.00. The number of hydrogen-bond donors (Lipinski definition) is 2. The Labute approximate surface area is 123 Å². The normalized spacial score (nSPS) is 11.5. The Balaban J connectivity index is 1.96. The first kappa shape index (κ1) is 15.5. The van der Waals surface area contributed by atoms with E-state index in [1.54, 1.807) is 25.4 Å². The number of aromatic nitrogens is 2. The Morgan fingerprint density at radius 2 is 2.00 bits per heavy atom. The molecule has 0 aliphatic carbocycles. The van der Waals surface area contributed by atoms with Gasteiger partial charge in [0.15, 0.2) is 0 Å². The van der Waals surface area contributed by atoms with Crippen molar-refractivity contribution in [3.63, 3.8) is 0 Å². The number of nitrogens with zero attached hydrogens (tertiary/aromatic N) is 1. The SMILES string of the molecule is COCCOc1ccc(S(=O)(=O)NCc2cnc[nH]2)cc1. The van der Waals surface area contributed by atoms with Crippen molar-refractivity contribution in [2.75, 3.05) is 20.3 Å². The molecule has 8 heteroatoms. The van der Waals surface area contributed by atoms with Crippen LogP contribution in [0, 0.1) is 0 Å². The van der Waals surface area contributed by atoms with Crippen LogP contribution in [0.2, 0.25) is 0 Å². The van der Waals surface area contributed by atoms with Crippen LogP contribution in [0.25, 0.3) is 0 Å². The van der Waals surface area contributed by atoms with Gasteiger partial charge in [-0.05, 0) is 24.3 Å². The van der Waals surface area contributed by atoms with Gasteiger partial charge in [0.05, 0.1) is 24.4 Å². The van der Waals surface area contributed by atoms with Crippen LogP contribution < -0.4 is 9.46 Å². The fourth-order valence-corrected chi connectivity index (χ4v) is 2.60. The Morgan fingerprint density at radius 3 is 2.62 bits per heavy atom. The summed E-state index contributed by atoms with van der Waals surface area (Å²) >= 11 is 0. The molecule has 0 amide bonds. The van der Waals surface area contributed by atoms with E-state index in [1.807, 2.05) is 0 Å². The number of aromatic amines is 1. The van der Waals surface area contributed by atoms with Crippen LogP contribution in [0.1, 0.15) is 5.69 Å². The van der Waals surface area contributed by atoms with E-state index < -0.39 is 10.0 Å². The lowest BCUT2D eigenvalue weighted by atomic mass is 10.3. The number of imidazole rings is 1. The van der Waals surface area contributed by atoms with Crippen LogP contribution in [0.5, 0.6) is 5.75 Å². The summed E-state index contributed by atoms with van der Waals surface area (Å²) in [7, 11) is -1.97. The van der Waals surface area contributed by atoms with Crippen LogP contribution in [0.15, 0.2) is 41.7 Å². The first-order valence-electron chi connectivity index (χ1n) is 6.30. The number of methoxy groups -OCH3 is 1. The Morgan fingerprint density at radius 1 is 1.24 bits per heavy atom. The third kappa shape index (κ3) is 4.55. The van der Waals surface area contributed by atoms with Crippen molar-refractivity contribution in [2.45, 2.75) is 11.4 Å². The Kier molecular flexibility index (Phi) is 5.32. The number of benzene rings is 1. The van der Waals surface area contributed by atoms with Gasteiger partial charge < -0.3 is 14.5 Å². The Hall–Kier alpha value is -1.90. The van der Waals surface area contributed by atoms with Crippen molar-refractivity contribution < 1.29 is 17.9 Å². The molecule has 7 nitrogen and oxygen atoms in total. The van der Waals surface area contributed by atoms with Gasteiger partial charge in [-0.25, -0.2) is 18.1 Å². The minimum atomic E-state index is -3.56. The molecule has 0 aliphatic heterocycles. The van der Waals surface area contributed by atoms with E-state index in [4.69, 9.17) is 9.47 Å². The topological polar surface area (TPSA) is 93.3 Å². The summed E-state index contributed by atoms with van der Waals surface area (Å²) in [5.41, 5.74) is 0.693. The molecule has 1 heterocycles. The number of H-pyrrole nitrogens is 1. The molecular formula is C13H17N3O4S. The van der Waals surface area contributed by atoms with E-state index in [2.05, 4.69) is 14.7 Å². The smallest absolute Gasteiger partial charge is 0.240 e. The first-order valence-corrected chi connectivity index (χ1v) is 7.79. The molecule has 21 heavy (non-hydrogen) atoms. The lowest BCUT2D eigenvalue weighted by Crippen LogP contribution is -2.23. The van der Waals surface area contributed by atoms with Gasteiger partial charge in [0, 0.05) is 19.0 Å². The summed E-state index contributed by atoms with van der Waals surface area (Å²) in [6.07, 6.45) is 3.06. The van der Waals surface area contributed by atoms with Crippen molar-refractivity contribution in [2.24, 2.45) is 0 Å². The van der Waals surface area contributed by atoms with Crippen molar-refractivity contribution >= 4 is 10.0 Å². The molecular weight excluding hydrogens is 294 g/mol. The number of ether oxygens (including phenoxy) is 2. The average molecular weight is 311 g/mol. The number of nitrogens with one attached hydrogen (secondary N) is 2. The van der Waals surface area contributed by atoms with Crippen LogP contribution in [-0.2, 0) is 21.3 Å². The highest BCUT2D eigenvalue weighted by Gasteiger charge is 2.13. The van der Waals surface area contributed by atoms with Gasteiger partial charge in [0.2, 0.25) is 10.0 Å². The van der Waals surface area contributed by atoms with Crippen molar-refractivity contribution in [3.05, 3.63) is 42.5 Å². The second kappa shape index (κ2) is 7.21. The first-order chi connectivity index (χ1) is 10.1. The molecule has 0 spiro atoms. The predicted molar refractivity (Wildman–Crippen MR) is 76.4 cm³/mol. The van der Waals surface area contributed by atoms with E-state index in [9.17, 15) is 8.42 Å². The van der Waals surface area contributed by atoms with Crippen LogP contribution in [-0.4, -0.2) is 38.7 Å². The lowest BCUT2D eigenvalue weighted by molar-refractivity contribution is 0.146. The number of hydrogen-bond acceptors (Lipinski definition) is 5. The molecule has 0 aliphatic rings. The number of rotatable bonds is 8. The second-order valence-corrected chi connectivity index (χ2v) is 5.98. The molecule has 0 bridgehead atoms. The maximum absolute atomic E-state index is 12.1. The molecule has 0 fully saturated rings. The third-order valence-corrected chi connectivity index (χ3v) is 4.11. The van der Waals surface area contributed by atoms with Crippen LogP contribution in [0.4, 0.5) is 0 Å². The fraction of sp³-hybridized carbons (Fsp3) is 0.308. The summed E-state index contributed by atoms with van der Waals surface area (Å²) < 4.78 is 36.9.